The summed E-state index contributed by atoms with van der Waals surface area (Å²) in [5.41, 5.74) is 0.575. The van der Waals surface area contributed by atoms with E-state index in [0.29, 0.717) is 16.8 Å². The first kappa shape index (κ1) is 20.2. The molecule has 1 N–H and O–H groups in total. The molecule has 3 aromatic rings. The molecule has 28 heavy (non-hydrogen) atoms. The van der Waals surface area contributed by atoms with E-state index in [1.807, 2.05) is 0 Å². The Morgan fingerprint density at radius 3 is 2.54 bits per heavy atom. The van der Waals surface area contributed by atoms with Gasteiger partial charge in [0, 0.05) is 22.9 Å². The highest BCUT2D eigenvalue weighted by atomic mass is 35.5. The van der Waals surface area contributed by atoms with Crippen LogP contribution in [0.15, 0.2) is 53.1 Å². The van der Waals surface area contributed by atoms with Crippen LogP contribution in [0.3, 0.4) is 0 Å². The molecule has 0 aliphatic rings. The summed E-state index contributed by atoms with van der Waals surface area (Å²) in [6, 6.07) is 11.8. The third kappa shape index (κ3) is 4.31. The summed E-state index contributed by atoms with van der Waals surface area (Å²) < 4.78 is 45.3. The van der Waals surface area contributed by atoms with Gasteiger partial charge in [0.2, 0.25) is 0 Å². The van der Waals surface area contributed by atoms with Crippen LogP contribution in [0.2, 0.25) is 0 Å². The molecule has 4 nitrogen and oxygen atoms in total. The summed E-state index contributed by atoms with van der Waals surface area (Å²) in [4.78, 5) is 10.4. The van der Waals surface area contributed by atoms with Crippen LogP contribution in [0.4, 0.5) is 18.9 Å². The predicted molar refractivity (Wildman–Crippen MR) is 101 cm³/mol. The first-order valence-electron chi connectivity index (χ1n) is 8.00. The van der Waals surface area contributed by atoms with E-state index in [1.165, 1.54) is 12.1 Å². The molecular weight excluding hydrogens is 416 g/mol. The summed E-state index contributed by atoms with van der Waals surface area (Å²) in [7, 11) is 0. The third-order valence-corrected chi connectivity index (χ3v) is 4.35. The van der Waals surface area contributed by atoms with E-state index < -0.39 is 22.5 Å². The van der Waals surface area contributed by atoms with Crippen LogP contribution in [0.1, 0.15) is 11.1 Å². The smallest absolute Gasteiger partial charge is 0.356 e. The van der Waals surface area contributed by atoms with Crippen molar-refractivity contribution in [1.29, 1.82) is 0 Å². The summed E-state index contributed by atoms with van der Waals surface area (Å²) in [6.07, 6.45) is -4.52. The van der Waals surface area contributed by atoms with Gasteiger partial charge in [-0.25, -0.2) is 0 Å². The number of anilines is 1. The first-order chi connectivity index (χ1) is 13.2. The number of aryl methyl sites for hydroxylation is 1. The normalized spacial score (nSPS) is 11.7. The van der Waals surface area contributed by atoms with E-state index in [1.54, 1.807) is 37.3 Å². The number of alkyl halides is 5. The highest BCUT2D eigenvalue weighted by molar-refractivity contribution is 6.54. The number of halogens is 5. The van der Waals surface area contributed by atoms with Crippen molar-refractivity contribution in [3.05, 3.63) is 59.7 Å². The zero-order chi connectivity index (χ0) is 20.5. The van der Waals surface area contributed by atoms with Crippen LogP contribution in [-0.2, 0) is 11.0 Å². The number of amides is 1. The molecule has 2 aromatic carbocycles. The molecule has 0 bridgehead atoms. The van der Waals surface area contributed by atoms with Crippen LogP contribution in [0.5, 0.6) is 0 Å². The van der Waals surface area contributed by atoms with Crippen molar-refractivity contribution in [3.8, 4) is 22.6 Å². The molecule has 1 amide bonds. The Balaban J connectivity index is 1.98. The van der Waals surface area contributed by atoms with Crippen LogP contribution in [0.25, 0.3) is 22.6 Å². The highest BCUT2D eigenvalue weighted by Crippen LogP contribution is 2.39. The molecular formula is C19H13Cl2F3N2O2. The minimum absolute atomic E-state index is 0.0402. The largest absolute Gasteiger partial charge is 0.417 e. The molecule has 3 rings (SSSR count). The van der Waals surface area contributed by atoms with Gasteiger partial charge in [-0.3, -0.25) is 4.79 Å². The van der Waals surface area contributed by atoms with E-state index >= 15 is 0 Å². The fourth-order valence-corrected chi connectivity index (χ4v) is 2.83. The third-order valence-electron chi connectivity index (χ3n) is 3.96. The average Bonchev–Trinajstić information content (AvgIpc) is 3.10. The molecule has 0 aliphatic heterocycles. The fourth-order valence-electron chi connectivity index (χ4n) is 2.72. The van der Waals surface area contributed by atoms with Crippen molar-refractivity contribution in [2.75, 3.05) is 5.32 Å². The Hall–Kier alpha value is -2.51. The van der Waals surface area contributed by atoms with Crippen molar-refractivity contribution in [3.63, 3.8) is 0 Å². The van der Waals surface area contributed by atoms with E-state index in [0.717, 1.165) is 6.07 Å². The van der Waals surface area contributed by atoms with Crippen molar-refractivity contribution in [1.82, 2.24) is 5.16 Å². The van der Waals surface area contributed by atoms with Crippen molar-refractivity contribution >= 4 is 34.8 Å². The molecule has 0 saturated carbocycles. The van der Waals surface area contributed by atoms with Crippen LogP contribution >= 0.6 is 23.2 Å². The number of hydrogen-bond donors (Lipinski definition) is 1. The molecule has 0 saturated heterocycles. The van der Waals surface area contributed by atoms with Crippen molar-refractivity contribution < 1.29 is 22.5 Å². The topological polar surface area (TPSA) is 55.1 Å². The second-order valence-corrected chi connectivity index (χ2v) is 7.04. The number of aromatic nitrogens is 1. The second-order valence-electron chi connectivity index (χ2n) is 5.94. The van der Waals surface area contributed by atoms with Gasteiger partial charge in [-0.2, -0.15) is 13.2 Å². The number of hydrogen-bond acceptors (Lipinski definition) is 3. The Morgan fingerprint density at radius 2 is 1.86 bits per heavy atom. The molecule has 1 aromatic heterocycles. The van der Waals surface area contributed by atoms with Crippen molar-refractivity contribution in [2.24, 2.45) is 0 Å². The summed E-state index contributed by atoms with van der Waals surface area (Å²) in [5.74, 6) is -0.357. The lowest BCUT2D eigenvalue weighted by atomic mass is 9.98. The maximum atomic E-state index is 13.4. The number of nitrogens with one attached hydrogen (secondary N) is 1. The SMILES string of the molecule is Cc1cccc(C(F)(F)F)c1-c1cc(-c2cccc(NC(=O)C(Cl)Cl)c2)on1. The molecule has 0 spiro atoms. The summed E-state index contributed by atoms with van der Waals surface area (Å²) in [5, 5.41) is 6.33. The number of rotatable bonds is 4. The number of benzene rings is 2. The van der Waals surface area contributed by atoms with Crippen LogP contribution in [-0.4, -0.2) is 15.9 Å². The van der Waals surface area contributed by atoms with Crippen LogP contribution < -0.4 is 5.32 Å². The predicted octanol–water partition coefficient (Wildman–Crippen LogP) is 6.08. The Labute approximate surface area is 168 Å². The molecule has 9 heteroatoms. The maximum absolute atomic E-state index is 13.4. The summed E-state index contributed by atoms with van der Waals surface area (Å²) >= 11 is 11.0. The molecule has 0 radical (unpaired) electrons. The highest BCUT2D eigenvalue weighted by Gasteiger charge is 2.35. The second kappa shape index (κ2) is 7.85. The Morgan fingerprint density at radius 1 is 1.14 bits per heavy atom. The Kier molecular flexibility index (Phi) is 5.67. The van der Waals surface area contributed by atoms with Gasteiger partial charge < -0.3 is 9.84 Å². The van der Waals surface area contributed by atoms with Gasteiger partial charge in [-0.1, -0.05) is 52.6 Å². The molecule has 0 fully saturated rings. The van der Waals surface area contributed by atoms with Gasteiger partial charge in [0.25, 0.3) is 5.91 Å². The van der Waals surface area contributed by atoms with E-state index in [9.17, 15) is 18.0 Å². The van der Waals surface area contributed by atoms with Gasteiger partial charge in [0.1, 0.15) is 5.69 Å². The fraction of sp³-hybridized carbons (Fsp3) is 0.158. The maximum Gasteiger partial charge on any atom is 0.417 e. The van der Waals surface area contributed by atoms with Gasteiger partial charge in [-0.15, -0.1) is 0 Å². The summed E-state index contributed by atoms with van der Waals surface area (Å²) in [6.45, 7) is 1.57. The zero-order valence-corrected chi connectivity index (χ0v) is 15.9. The molecule has 0 aliphatic carbocycles. The minimum atomic E-state index is -4.52. The lowest BCUT2D eigenvalue weighted by molar-refractivity contribution is -0.137. The van der Waals surface area contributed by atoms with E-state index in [-0.39, 0.29) is 17.0 Å². The van der Waals surface area contributed by atoms with Gasteiger partial charge >= 0.3 is 6.18 Å². The monoisotopic (exact) mass is 428 g/mol. The Bertz CT molecular complexity index is 1020. The number of carbonyl (C=O) groups is 1. The molecule has 146 valence electrons. The van der Waals surface area contributed by atoms with Gasteiger partial charge in [0.05, 0.1) is 5.56 Å². The lowest BCUT2D eigenvalue weighted by Crippen LogP contribution is -2.18. The van der Waals surface area contributed by atoms with Gasteiger partial charge in [0.15, 0.2) is 10.6 Å². The lowest BCUT2D eigenvalue weighted by Gasteiger charge is -2.12. The van der Waals surface area contributed by atoms with E-state index in [2.05, 4.69) is 10.5 Å². The van der Waals surface area contributed by atoms with Crippen molar-refractivity contribution in [2.45, 2.75) is 17.9 Å². The quantitative estimate of drug-likeness (QED) is 0.512. The van der Waals surface area contributed by atoms with E-state index in [4.69, 9.17) is 27.7 Å². The molecule has 0 atom stereocenters. The van der Waals surface area contributed by atoms with Gasteiger partial charge in [-0.05, 0) is 30.7 Å². The standard InChI is InChI=1S/C19H13Cl2F3N2O2/c1-10-4-2-7-13(19(22,23)24)16(10)14-9-15(28-26-14)11-5-3-6-12(8-11)25-18(27)17(20)21/h2-9,17H,1H3,(H,25,27). The van der Waals surface area contributed by atoms with Crippen LogP contribution in [0, 0.1) is 6.92 Å². The zero-order valence-electron chi connectivity index (χ0n) is 14.3. The first-order valence-corrected chi connectivity index (χ1v) is 8.87. The molecule has 1 heterocycles. The number of carbonyl (C=O) groups excluding carboxylic acids is 1. The average molecular weight is 429 g/mol. The number of nitrogens with zero attached hydrogens (tertiary/aromatic N) is 1. The molecule has 0 unspecified atom stereocenters. The minimum Gasteiger partial charge on any atom is -0.356 e.